The summed E-state index contributed by atoms with van der Waals surface area (Å²) in [4.78, 5) is 4.19. The molecule has 94 valence electrons. The maximum absolute atomic E-state index is 6.02. The number of nitrogens with one attached hydrogen (secondary N) is 1. The van der Waals surface area contributed by atoms with Gasteiger partial charge in [0, 0.05) is 17.0 Å². The second-order valence-electron chi connectivity index (χ2n) is 5.65. The number of fused-ring (bicyclic) bond motifs is 1. The van der Waals surface area contributed by atoms with Crippen LogP contribution in [0, 0.1) is 0 Å². The second kappa shape index (κ2) is 3.55. The Hall–Kier alpha value is -1.40. The van der Waals surface area contributed by atoms with E-state index in [1.165, 1.54) is 0 Å². The van der Waals surface area contributed by atoms with Crippen molar-refractivity contribution in [3.05, 3.63) is 18.6 Å². The molecule has 0 atom stereocenters. The number of hydrogen-bond acceptors (Lipinski definition) is 4. The van der Waals surface area contributed by atoms with Gasteiger partial charge < -0.3 is 9.31 Å². The lowest BCUT2D eigenvalue weighted by Crippen LogP contribution is -2.41. The molecule has 3 rings (SSSR count). The Labute approximate surface area is 106 Å². The zero-order chi connectivity index (χ0) is 13.0. The number of H-pyrrole nitrogens is 1. The molecule has 0 radical (unpaired) electrons. The first-order valence-corrected chi connectivity index (χ1v) is 6.03. The van der Waals surface area contributed by atoms with Gasteiger partial charge in [-0.05, 0) is 27.7 Å². The highest BCUT2D eigenvalue weighted by atomic mass is 16.7. The van der Waals surface area contributed by atoms with Gasteiger partial charge in [0.1, 0.15) is 0 Å². The molecule has 1 fully saturated rings. The van der Waals surface area contributed by atoms with Crippen LogP contribution in [-0.4, -0.2) is 33.5 Å². The molecule has 0 aliphatic carbocycles. The molecule has 1 saturated heterocycles. The number of pyridine rings is 1. The normalized spacial score (nSPS) is 21.7. The molecule has 1 aliphatic rings. The van der Waals surface area contributed by atoms with E-state index in [9.17, 15) is 0 Å². The molecule has 1 aliphatic heterocycles. The summed E-state index contributed by atoms with van der Waals surface area (Å²) in [6.07, 6.45) is 5.30. The summed E-state index contributed by atoms with van der Waals surface area (Å²) in [6, 6.07) is 0. The summed E-state index contributed by atoms with van der Waals surface area (Å²) in [5, 5.41) is 7.92. The number of rotatable bonds is 1. The minimum absolute atomic E-state index is 0.344. The minimum atomic E-state index is -0.399. The smallest absolute Gasteiger partial charge is 0.399 e. The van der Waals surface area contributed by atoms with Gasteiger partial charge in [-0.2, -0.15) is 5.10 Å². The molecular weight excluding hydrogens is 229 g/mol. The Kier molecular flexibility index (Phi) is 2.31. The maximum atomic E-state index is 6.02. The number of aromatic nitrogens is 3. The van der Waals surface area contributed by atoms with Crippen LogP contribution in [-0.2, 0) is 9.31 Å². The zero-order valence-electron chi connectivity index (χ0n) is 11.0. The summed E-state index contributed by atoms with van der Waals surface area (Å²) in [5.41, 5.74) is 1.12. The molecule has 5 nitrogen and oxygen atoms in total. The highest BCUT2D eigenvalue weighted by molar-refractivity contribution is 6.65. The Morgan fingerprint density at radius 1 is 1.06 bits per heavy atom. The Balaban J connectivity index is 2.05. The van der Waals surface area contributed by atoms with Crippen LogP contribution in [0.25, 0.3) is 10.9 Å². The van der Waals surface area contributed by atoms with Crippen LogP contribution in [0.2, 0.25) is 0 Å². The van der Waals surface area contributed by atoms with Crippen LogP contribution < -0.4 is 5.46 Å². The largest absolute Gasteiger partial charge is 0.497 e. The monoisotopic (exact) mass is 245 g/mol. The van der Waals surface area contributed by atoms with Crippen LogP contribution in [0.5, 0.6) is 0 Å². The molecule has 6 heteroatoms. The summed E-state index contributed by atoms with van der Waals surface area (Å²) in [6.45, 7) is 8.15. The van der Waals surface area contributed by atoms with Crippen molar-refractivity contribution in [1.82, 2.24) is 15.2 Å². The summed E-state index contributed by atoms with van der Waals surface area (Å²) in [7, 11) is -0.399. The van der Waals surface area contributed by atoms with E-state index in [1.54, 1.807) is 18.6 Å². The molecular formula is C12H16BN3O2. The Morgan fingerprint density at radius 2 is 1.72 bits per heavy atom. The van der Waals surface area contributed by atoms with Gasteiger partial charge in [-0.25, -0.2) is 0 Å². The number of hydrogen-bond donors (Lipinski definition) is 1. The predicted octanol–water partition coefficient (Wildman–Crippen LogP) is 1.26. The van der Waals surface area contributed by atoms with Gasteiger partial charge in [0.15, 0.2) is 0 Å². The second-order valence-corrected chi connectivity index (χ2v) is 5.65. The molecule has 0 unspecified atom stereocenters. The van der Waals surface area contributed by atoms with E-state index in [1.807, 2.05) is 27.7 Å². The van der Waals surface area contributed by atoms with Crippen LogP contribution in [0.15, 0.2) is 18.6 Å². The third-order valence-corrected chi connectivity index (χ3v) is 3.90. The van der Waals surface area contributed by atoms with Crippen molar-refractivity contribution in [3.63, 3.8) is 0 Å². The van der Waals surface area contributed by atoms with Gasteiger partial charge in [0.05, 0.1) is 29.1 Å². The summed E-state index contributed by atoms with van der Waals surface area (Å²) in [5.74, 6) is 0. The first-order chi connectivity index (χ1) is 8.41. The topological polar surface area (TPSA) is 60.0 Å². The Bertz CT molecular complexity index is 578. The van der Waals surface area contributed by atoms with Crippen molar-refractivity contribution in [1.29, 1.82) is 0 Å². The minimum Gasteiger partial charge on any atom is -0.399 e. The molecule has 18 heavy (non-hydrogen) atoms. The van der Waals surface area contributed by atoms with E-state index in [4.69, 9.17) is 9.31 Å². The van der Waals surface area contributed by atoms with Crippen LogP contribution in [0.1, 0.15) is 27.7 Å². The van der Waals surface area contributed by atoms with E-state index in [2.05, 4.69) is 15.2 Å². The fraction of sp³-hybridized carbons (Fsp3) is 0.500. The van der Waals surface area contributed by atoms with Crippen molar-refractivity contribution in [2.45, 2.75) is 38.9 Å². The number of aromatic amines is 1. The standard InChI is InChI=1S/C12H16BN3O2/c1-11(2)12(3,4)18-13(17-11)9-6-14-7-10-8(9)5-15-16-10/h5-7H,1-4H3,(H,15,16). The number of nitrogens with zero attached hydrogens (tertiary/aromatic N) is 2. The fourth-order valence-corrected chi connectivity index (χ4v) is 2.04. The van der Waals surface area contributed by atoms with Gasteiger partial charge in [0.25, 0.3) is 0 Å². The van der Waals surface area contributed by atoms with E-state index in [0.717, 1.165) is 16.4 Å². The molecule has 1 N–H and O–H groups in total. The third-order valence-electron chi connectivity index (χ3n) is 3.90. The van der Waals surface area contributed by atoms with Crippen molar-refractivity contribution >= 4 is 23.5 Å². The molecule has 0 bridgehead atoms. The van der Waals surface area contributed by atoms with E-state index in [-0.39, 0.29) is 11.2 Å². The Morgan fingerprint density at radius 3 is 2.39 bits per heavy atom. The van der Waals surface area contributed by atoms with Crippen molar-refractivity contribution < 1.29 is 9.31 Å². The lowest BCUT2D eigenvalue weighted by molar-refractivity contribution is 0.00578. The first-order valence-electron chi connectivity index (χ1n) is 6.03. The molecule has 0 amide bonds. The fourth-order valence-electron chi connectivity index (χ4n) is 2.04. The SMILES string of the molecule is CC1(C)OB(c2cncc3[nH]ncc23)OC1(C)C. The van der Waals surface area contributed by atoms with Gasteiger partial charge in [-0.15, -0.1) is 0 Å². The average Bonchev–Trinajstić information content (AvgIpc) is 2.81. The van der Waals surface area contributed by atoms with Gasteiger partial charge in [-0.3, -0.25) is 10.1 Å². The highest BCUT2D eigenvalue weighted by Crippen LogP contribution is 2.36. The maximum Gasteiger partial charge on any atom is 0.497 e. The molecule has 0 spiro atoms. The van der Waals surface area contributed by atoms with Crippen LogP contribution >= 0.6 is 0 Å². The van der Waals surface area contributed by atoms with Gasteiger partial charge in [-0.1, -0.05) is 0 Å². The molecule has 0 saturated carbocycles. The van der Waals surface area contributed by atoms with E-state index >= 15 is 0 Å². The molecule has 2 aromatic heterocycles. The van der Waals surface area contributed by atoms with E-state index < -0.39 is 7.12 Å². The lowest BCUT2D eigenvalue weighted by Gasteiger charge is -2.32. The predicted molar refractivity (Wildman–Crippen MR) is 69.6 cm³/mol. The van der Waals surface area contributed by atoms with Crippen LogP contribution in [0.3, 0.4) is 0 Å². The average molecular weight is 245 g/mol. The first kappa shape index (κ1) is 11.7. The lowest BCUT2D eigenvalue weighted by atomic mass is 9.78. The van der Waals surface area contributed by atoms with Gasteiger partial charge in [0.2, 0.25) is 0 Å². The summed E-state index contributed by atoms with van der Waals surface area (Å²) >= 11 is 0. The van der Waals surface area contributed by atoms with Crippen molar-refractivity contribution in [2.75, 3.05) is 0 Å². The quantitative estimate of drug-likeness (QED) is 0.768. The highest BCUT2D eigenvalue weighted by Gasteiger charge is 2.52. The third kappa shape index (κ3) is 1.56. The van der Waals surface area contributed by atoms with Crippen molar-refractivity contribution in [2.24, 2.45) is 0 Å². The molecule has 0 aromatic carbocycles. The van der Waals surface area contributed by atoms with E-state index in [0.29, 0.717) is 0 Å². The van der Waals surface area contributed by atoms with Crippen molar-refractivity contribution in [3.8, 4) is 0 Å². The summed E-state index contributed by atoms with van der Waals surface area (Å²) < 4.78 is 12.0. The zero-order valence-corrected chi connectivity index (χ0v) is 11.0. The van der Waals surface area contributed by atoms with Gasteiger partial charge >= 0.3 is 7.12 Å². The van der Waals surface area contributed by atoms with Crippen LogP contribution in [0.4, 0.5) is 0 Å². The molecule has 3 heterocycles. The molecule has 2 aromatic rings.